The number of rotatable bonds is 0. The fourth-order valence-electron chi connectivity index (χ4n) is 1.17. The van der Waals surface area contributed by atoms with Gasteiger partial charge in [0.05, 0.1) is 0 Å². The summed E-state index contributed by atoms with van der Waals surface area (Å²) < 4.78 is 3.39. The minimum Gasteiger partial charge on any atom is -0.253 e. The van der Waals surface area contributed by atoms with Gasteiger partial charge in [-0.1, -0.05) is 0 Å². The third kappa shape index (κ3) is 0.827. The van der Waals surface area contributed by atoms with Crippen LogP contribution < -0.4 is 5.62 Å². The molecule has 0 radical (unpaired) electrons. The zero-order valence-corrected chi connectivity index (χ0v) is 6.97. The molecule has 0 aliphatic carbocycles. The van der Waals surface area contributed by atoms with Crippen molar-refractivity contribution in [2.75, 3.05) is 7.05 Å². The minimum atomic E-state index is 0.741. The molecule has 0 unspecified atom stereocenters. The van der Waals surface area contributed by atoms with E-state index >= 15 is 0 Å². The first-order valence-electron chi connectivity index (χ1n) is 3.63. The molecule has 0 spiro atoms. The fraction of sp³-hybridized carbons (Fsp3) is 0.286. The van der Waals surface area contributed by atoms with Crippen molar-refractivity contribution in [3.63, 3.8) is 0 Å². The second-order valence-corrected chi connectivity index (χ2v) is 2.44. The predicted octanol–water partition coefficient (Wildman–Crippen LogP) is -0.402. The van der Waals surface area contributed by atoms with Crippen LogP contribution in [-0.4, -0.2) is 26.4 Å². The Bertz CT molecular complexity index is 464. The summed E-state index contributed by atoms with van der Waals surface area (Å²) in [5, 5.41) is 8.32. The molecule has 0 bridgehead atoms. The van der Waals surface area contributed by atoms with Crippen molar-refractivity contribution >= 4 is 5.65 Å². The summed E-state index contributed by atoms with van der Waals surface area (Å²) in [5.74, 6) is 0. The Morgan fingerprint density at radius 1 is 1.50 bits per heavy atom. The van der Waals surface area contributed by atoms with Crippen LogP contribution in [-0.2, 0) is 7.05 Å². The van der Waals surface area contributed by atoms with E-state index in [1.165, 1.54) is 0 Å². The molecule has 12 heavy (non-hydrogen) atoms. The van der Waals surface area contributed by atoms with Gasteiger partial charge < -0.3 is 0 Å². The predicted molar refractivity (Wildman–Crippen MR) is 43.4 cm³/mol. The number of fused-ring (bicyclic) bond motifs is 1. The van der Waals surface area contributed by atoms with Gasteiger partial charge in [-0.2, -0.15) is 14.7 Å². The quantitative estimate of drug-likeness (QED) is 0.530. The molecule has 62 valence electrons. The summed E-state index contributed by atoms with van der Waals surface area (Å²) in [6, 6.07) is 3.74. The monoisotopic (exact) mass is 163 g/mol. The molecule has 2 heterocycles. The molecule has 5 nitrogen and oxygen atoms in total. The van der Waals surface area contributed by atoms with Gasteiger partial charge in [0, 0.05) is 20.3 Å². The third-order valence-electron chi connectivity index (χ3n) is 1.66. The highest BCUT2D eigenvalue weighted by atomic mass is 15.4. The van der Waals surface area contributed by atoms with Crippen LogP contribution in [0.4, 0.5) is 0 Å². The second kappa shape index (κ2) is 2.44. The average molecular weight is 163 g/mol. The number of aromatic nitrogens is 4. The summed E-state index contributed by atoms with van der Waals surface area (Å²) in [7, 11) is 3.56. The maximum Gasteiger partial charge on any atom is 0.244 e. The van der Waals surface area contributed by atoms with E-state index in [1.54, 1.807) is 22.4 Å². The molecule has 0 aromatic carbocycles. The van der Waals surface area contributed by atoms with Crippen molar-refractivity contribution in [1.29, 1.82) is 0 Å². The summed E-state index contributed by atoms with van der Waals surface area (Å²) in [5.41, 5.74) is 1.55. The van der Waals surface area contributed by atoms with E-state index in [2.05, 4.69) is 15.2 Å². The summed E-state index contributed by atoms with van der Waals surface area (Å²) in [6.07, 6.45) is 1.71. The normalized spacial score (nSPS) is 12.7. The zero-order chi connectivity index (χ0) is 8.55. The van der Waals surface area contributed by atoms with Crippen LogP contribution in [0.1, 0.15) is 0 Å². The largest absolute Gasteiger partial charge is 0.253 e. The first kappa shape index (κ1) is 7.02. The molecule has 2 rings (SSSR count). The van der Waals surface area contributed by atoms with E-state index in [0.717, 1.165) is 11.3 Å². The SMILES string of the molecule is CN=c1n(C)nc2cccnn12. The lowest BCUT2D eigenvalue weighted by Crippen LogP contribution is -2.21. The third-order valence-corrected chi connectivity index (χ3v) is 1.66. The zero-order valence-electron chi connectivity index (χ0n) is 6.97. The van der Waals surface area contributed by atoms with E-state index in [4.69, 9.17) is 0 Å². The minimum absolute atomic E-state index is 0.741. The molecular weight excluding hydrogens is 154 g/mol. The number of hydrogen-bond donors (Lipinski definition) is 0. The maximum absolute atomic E-state index is 4.21. The van der Waals surface area contributed by atoms with Crippen molar-refractivity contribution in [3.8, 4) is 0 Å². The summed E-state index contributed by atoms with van der Waals surface area (Å²) in [6.45, 7) is 0. The molecule has 0 saturated heterocycles. The Morgan fingerprint density at radius 2 is 2.33 bits per heavy atom. The Kier molecular flexibility index (Phi) is 1.43. The fourth-order valence-corrected chi connectivity index (χ4v) is 1.17. The van der Waals surface area contributed by atoms with E-state index in [9.17, 15) is 0 Å². The Hall–Kier alpha value is -1.65. The van der Waals surface area contributed by atoms with Gasteiger partial charge in [0.2, 0.25) is 5.62 Å². The molecule has 0 aliphatic rings. The number of hydrogen-bond acceptors (Lipinski definition) is 3. The van der Waals surface area contributed by atoms with Gasteiger partial charge in [0.15, 0.2) is 5.65 Å². The van der Waals surface area contributed by atoms with Gasteiger partial charge in [-0.25, -0.2) is 4.68 Å². The standard InChI is InChI=1S/C7H9N5/c1-8-7-11(2)10-6-4-3-5-9-12(6)7/h3-5H,1-2H3. The lowest BCUT2D eigenvalue weighted by atomic mass is 10.6. The van der Waals surface area contributed by atoms with Crippen LogP contribution in [0.15, 0.2) is 23.3 Å². The Balaban J connectivity index is 3.01. The van der Waals surface area contributed by atoms with Crippen molar-refractivity contribution < 1.29 is 0 Å². The highest BCUT2D eigenvalue weighted by Crippen LogP contribution is 1.89. The van der Waals surface area contributed by atoms with Crippen LogP contribution in [0, 0.1) is 0 Å². The first-order valence-corrected chi connectivity index (χ1v) is 3.63. The van der Waals surface area contributed by atoms with Gasteiger partial charge in [-0.15, -0.1) is 0 Å². The topological polar surface area (TPSA) is 47.5 Å². The smallest absolute Gasteiger partial charge is 0.244 e. The molecule has 5 heteroatoms. The lowest BCUT2D eigenvalue weighted by molar-refractivity contribution is 0.691. The van der Waals surface area contributed by atoms with Crippen LogP contribution in [0.5, 0.6) is 0 Å². The van der Waals surface area contributed by atoms with Gasteiger partial charge in [-0.05, 0) is 12.1 Å². The van der Waals surface area contributed by atoms with E-state index < -0.39 is 0 Å². The van der Waals surface area contributed by atoms with Crippen LogP contribution in [0.25, 0.3) is 5.65 Å². The molecule has 0 N–H and O–H groups in total. The van der Waals surface area contributed by atoms with Crippen molar-refractivity contribution in [2.24, 2.45) is 12.0 Å². The van der Waals surface area contributed by atoms with Gasteiger partial charge >= 0.3 is 0 Å². The molecule has 0 fully saturated rings. The van der Waals surface area contributed by atoms with Gasteiger partial charge in [0.1, 0.15) is 0 Å². The van der Waals surface area contributed by atoms with Crippen LogP contribution in [0.2, 0.25) is 0 Å². The van der Waals surface area contributed by atoms with Crippen LogP contribution in [0.3, 0.4) is 0 Å². The van der Waals surface area contributed by atoms with Gasteiger partial charge in [-0.3, -0.25) is 4.99 Å². The second-order valence-electron chi connectivity index (χ2n) is 2.44. The lowest BCUT2D eigenvalue weighted by Gasteiger charge is -1.86. The van der Waals surface area contributed by atoms with Gasteiger partial charge in [0.25, 0.3) is 0 Å². The molecular formula is C7H9N5. The maximum atomic E-state index is 4.21. The molecule has 2 aromatic heterocycles. The Morgan fingerprint density at radius 3 is 3.08 bits per heavy atom. The Labute approximate surface area is 69.0 Å². The van der Waals surface area contributed by atoms with Crippen molar-refractivity contribution in [3.05, 3.63) is 23.9 Å². The van der Waals surface area contributed by atoms with Crippen molar-refractivity contribution in [2.45, 2.75) is 0 Å². The van der Waals surface area contributed by atoms with E-state index in [0.29, 0.717) is 0 Å². The molecule has 0 atom stereocenters. The van der Waals surface area contributed by atoms with Crippen molar-refractivity contribution in [1.82, 2.24) is 19.4 Å². The summed E-state index contributed by atoms with van der Waals surface area (Å²) in [4.78, 5) is 4.06. The van der Waals surface area contributed by atoms with E-state index in [-0.39, 0.29) is 0 Å². The molecule has 2 aromatic rings. The van der Waals surface area contributed by atoms with E-state index in [1.807, 2.05) is 19.2 Å². The summed E-state index contributed by atoms with van der Waals surface area (Å²) >= 11 is 0. The number of aryl methyl sites for hydroxylation is 1. The highest BCUT2D eigenvalue weighted by Gasteiger charge is 1.98. The van der Waals surface area contributed by atoms with Crippen LogP contribution >= 0.6 is 0 Å². The molecule has 0 amide bonds. The highest BCUT2D eigenvalue weighted by molar-refractivity contribution is 5.32. The first-order chi connectivity index (χ1) is 5.83. The molecule has 0 aliphatic heterocycles. The molecule has 0 saturated carbocycles. The average Bonchev–Trinajstić information content (AvgIpc) is 2.40. The number of nitrogens with zero attached hydrogens (tertiary/aromatic N) is 5.